The lowest BCUT2D eigenvalue weighted by Gasteiger charge is -2.18. The van der Waals surface area contributed by atoms with Gasteiger partial charge in [0.2, 0.25) is 0 Å². The number of aromatic nitrogens is 2. The maximum atomic E-state index is 14.3. The Balaban J connectivity index is 2.37. The molecule has 1 amide bonds. The smallest absolute Gasteiger partial charge is 0.428 e. The normalized spacial score (nSPS) is 12.0. The van der Waals surface area contributed by atoms with E-state index in [1.165, 1.54) is 24.5 Å². The Bertz CT molecular complexity index is 760. The van der Waals surface area contributed by atoms with Crippen molar-refractivity contribution in [2.75, 3.05) is 0 Å². The van der Waals surface area contributed by atoms with Gasteiger partial charge in [-0.05, 0) is 45.0 Å². The number of hydrazone groups is 1. The minimum Gasteiger partial charge on any atom is -0.443 e. The molecule has 1 aromatic heterocycles. The molecule has 1 aromatic carbocycles. The number of nitrogens with zero attached hydrogens (tertiary/aromatic N) is 3. The zero-order chi connectivity index (χ0) is 17.7. The van der Waals surface area contributed by atoms with Gasteiger partial charge in [-0.3, -0.25) is 0 Å². The molecule has 6 nitrogen and oxygen atoms in total. The molecule has 0 saturated heterocycles. The molecule has 0 radical (unpaired) electrons. The van der Waals surface area contributed by atoms with E-state index in [0.717, 1.165) is 0 Å². The molecule has 0 atom stereocenters. The summed E-state index contributed by atoms with van der Waals surface area (Å²) in [5.41, 5.74) is 1.81. The highest BCUT2D eigenvalue weighted by Gasteiger charge is 2.18. The molecule has 24 heavy (non-hydrogen) atoms. The first-order valence-electron chi connectivity index (χ1n) is 7.06. The number of hydrogen-bond donors (Lipinski definition) is 1. The highest BCUT2D eigenvalue weighted by molar-refractivity contribution is 9.10. The van der Waals surface area contributed by atoms with Gasteiger partial charge in [0.05, 0.1) is 0 Å². The first kappa shape index (κ1) is 18.0. The molecule has 2 aromatic rings. The van der Waals surface area contributed by atoms with Crippen LogP contribution in [0.5, 0.6) is 0 Å². The molecular formula is C16H16BrFN4O2. The summed E-state index contributed by atoms with van der Waals surface area (Å²) < 4.78 is 20.0. The molecule has 1 heterocycles. The van der Waals surface area contributed by atoms with E-state index in [1.54, 1.807) is 32.9 Å². The summed E-state index contributed by atoms with van der Waals surface area (Å²) in [4.78, 5) is 19.9. The second-order valence-corrected chi connectivity index (χ2v) is 6.69. The standard InChI is InChI=1S/C16H16BrFN4O2/c1-16(2,3)24-15(23)22-21-13(14-19-7-4-8-20-14)11-6-5-10(17)9-12(11)18/h4-9H,1-3H3,(H,22,23). The average Bonchev–Trinajstić information content (AvgIpc) is 2.48. The lowest BCUT2D eigenvalue weighted by Crippen LogP contribution is -2.30. The van der Waals surface area contributed by atoms with Crippen molar-refractivity contribution in [1.29, 1.82) is 0 Å². The summed E-state index contributed by atoms with van der Waals surface area (Å²) in [7, 11) is 0. The highest BCUT2D eigenvalue weighted by Crippen LogP contribution is 2.18. The molecule has 8 heteroatoms. The van der Waals surface area contributed by atoms with Crippen molar-refractivity contribution < 1.29 is 13.9 Å². The molecule has 2 rings (SSSR count). The number of benzene rings is 1. The molecule has 0 bridgehead atoms. The van der Waals surface area contributed by atoms with E-state index >= 15 is 0 Å². The van der Waals surface area contributed by atoms with Gasteiger partial charge in [-0.2, -0.15) is 5.10 Å². The molecule has 126 valence electrons. The Kier molecular flexibility index (Phi) is 5.61. The predicted octanol–water partition coefficient (Wildman–Crippen LogP) is 3.66. The number of nitrogens with one attached hydrogen (secondary N) is 1. The monoisotopic (exact) mass is 394 g/mol. The highest BCUT2D eigenvalue weighted by atomic mass is 79.9. The topological polar surface area (TPSA) is 76.5 Å². The van der Waals surface area contributed by atoms with E-state index in [1.807, 2.05) is 0 Å². The summed E-state index contributed by atoms with van der Waals surface area (Å²) in [6.07, 6.45) is 2.25. The van der Waals surface area contributed by atoms with Gasteiger partial charge < -0.3 is 4.74 Å². The van der Waals surface area contributed by atoms with Crippen LogP contribution in [-0.4, -0.2) is 27.4 Å². The van der Waals surface area contributed by atoms with Crippen molar-refractivity contribution in [1.82, 2.24) is 15.4 Å². The van der Waals surface area contributed by atoms with Crippen LogP contribution in [0.4, 0.5) is 9.18 Å². The van der Waals surface area contributed by atoms with Gasteiger partial charge in [-0.1, -0.05) is 15.9 Å². The zero-order valence-corrected chi connectivity index (χ0v) is 15.0. The van der Waals surface area contributed by atoms with E-state index in [9.17, 15) is 9.18 Å². The third kappa shape index (κ3) is 5.09. The van der Waals surface area contributed by atoms with Gasteiger partial charge in [-0.15, -0.1) is 0 Å². The number of amides is 1. The molecule has 0 aliphatic carbocycles. The Morgan fingerprint density at radius 3 is 2.54 bits per heavy atom. The SMILES string of the molecule is CC(C)(C)OC(=O)NN=C(c1ncccn1)c1ccc(Br)cc1F. The van der Waals surface area contributed by atoms with E-state index < -0.39 is 17.5 Å². The van der Waals surface area contributed by atoms with Crippen molar-refractivity contribution in [3.05, 3.63) is 58.3 Å². The summed E-state index contributed by atoms with van der Waals surface area (Å²) in [5.74, 6) is -0.351. The fourth-order valence-electron chi connectivity index (χ4n) is 1.74. The molecule has 0 aliphatic heterocycles. The summed E-state index contributed by atoms with van der Waals surface area (Å²) in [6, 6.07) is 6.09. The largest absolute Gasteiger partial charge is 0.443 e. The predicted molar refractivity (Wildman–Crippen MR) is 91.1 cm³/mol. The van der Waals surface area contributed by atoms with Crippen molar-refractivity contribution in [2.24, 2.45) is 5.10 Å². The quantitative estimate of drug-likeness (QED) is 0.636. The van der Waals surface area contributed by atoms with E-state index in [-0.39, 0.29) is 17.1 Å². The van der Waals surface area contributed by atoms with Gasteiger partial charge in [0.25, 0.3) is 0 Å². The summed E-state index contributed by atoms with van der Waals surface area (Å²) in [6.45, 7) is 5.18. The van der Waals surface area contributed by atoms with Gasteiger partial charge >= 0.3 is 6.09 Å². The first-order chi connectivity index (χ1) is 11.3. The summed E-state index contributed by atoms with van der Waals surface area (Å²) in [5, 5.41) is 3.95. The second kappa shape index (κ2) is 7.48. The van der Waals surface area contributed by atoms with Crippen LogP contribution in [0, 0.1) is 5.82 Å². The number of ether oxygens (including phenoxy) is 1. The molecule has 0 spiro atoms. The van der Waals surface area contributed by atoms with Crippen LogP contribution < -0.4 is 5.43 Å². The third-order valence-electron chi connectivity index (χ3n) is 2.62. The third-order valence-corrected chi connectivity index (χ3v) is 3.11. The summed E-state index contributed by atoms with van der Waals surface area (Å²) >= 11 is 3.20. The van der Waals surface area contributed by atoms with Gasteiger partial charge in [-0.25, -0.2) is 24.6 Å². The molecule has 1 N–H and O–H groups in total. The molecular weight excluding hydrogens is 379 g/mol. The Morgan fingerprint density at radius 1 is 1.29 bits per heavy atom. The van der Waals surface area contributed by atoms with Crippen LogP contribution in [0.15, 0.2) is 46.2 Å². The van der Waals surface area contributed by atoms with Crippen LogP contribution >= 0.6 is 15.9 Å². The second-order valence-electron chi connectivity index (χ2n) is 5.77. The van der Waals surface area contributed by atoms with E-state index in [4.69, 9.17) is 4.74 Å². The fraction of sp³-hybridized carbons (Fsp3) is 0.250. The number of rotatable bonds is 3. The molecule has 0 unspecified atom stereocenters. The van der Waals surface area contributed by atoms with Crippen LogP contribution in [0.25, 0.3) is 0 Å². The maximum Gasteiger partial charge on any atom is 0.428 e. The van der Waals surface area contributed by atoms with E-state index in [2.05, 4.69) is 36.4 Å². The van der Waals surface area contributed by atoms with E-state index in [0.29, 0.717) is 4.47 Å². The van der Waals surface area contributed by atoms with Gasteiger partial charge in [0.15, 0.2) is 5.82 Å². The number of halogens is 2. The zero-order valence-electron chi connectivity index (χ0n) is 13.4. The van der Waals surface area contributed by atoms with Crippen LogP contribution in [0.1, 0.15) is 32.2 Å². The lowest BCUT2D eigenvalue weighted by atomic mass is 10.1. The van der Waals surface area contributed by atoms with Crippen molar-refractivity contribution in [2.45, 2.75) is 26.4 Å². The van der Waals surface area contributed by atoms with Crippen molar-refractivity contribution in [3.8, 4) is 0 Å². The Morgan fingerprint density at radius 2 is 1.96 bits per heavy atom. The molecule has 0 aliphatic rings. The number of carbonyl (C=O) groups is 1. The van der Waals surface area contributed by atoms with Crippen LogP contribution in [0.3, 0.4) is 0 Å². The first-order valence-corrected chi connectivity index (χ1v) is 7.85. The van der Waals surface area contributed by atoms with Crippen molar-refractivity contribution >= 4 is 27.7 Å². The average molecular weight is 395 g/mol. The Labute approximate surface area is 147 Å². The minimum atomic E-state index is -0.756. The van der Waals surface area contributed by atoms with Crippen LogP contribution in [0.2, 0.25) is 0 Å². The van der Waals surface area contributed by atoms with Gasteiger partial charge in [0, 0.05) is 22.4 Å². The van der Waals surface area contributed by atoms with Crippen LogP contribution in [-0.2, 0) is 4.74 Å². The lowest BCUT2D eigenvalue weighted by molar-refractivity contribution is 0.0529. The number of carbonyl (C=O) groups excluding carboxylic acids is 1. The maximum absolute atomic E-state index is 14.3. The molecule has 0 fully saturated rings. The fourth-order valence-corrected chi connectivity index (χ4v) is 2.07. The Hall–Kier alpha value is -2.35. The number of hydrogen-bond acceptors (Lipinski definition) is 5. The molecule has 0 saturated carbocycles. The van der Waals surface area contributed by atoms with Crippen molar-refractivity contribution in [3.63, 3.8) is 0 Å². The minimum absolute atomic E-state index is 0.0893. The van der Waals surface area contributed by atoms with Gasteiger partial charge in [0.1, 0.15) is 17.1 Å².